The van der Waals surface area contributed by atoms with E-state index in [0.717, 1.165) is 0 Å². The molecule has 0 fully saturated rings. The van der Waals surface area contributed by atoms with Crippen LogP contribution in [0.3, 0.4) is 0 Å². The second-order valence-corrected chi connectivity index (χ2v) is 5.77. The molecule has 0 bridgehead atoms. The summed E-state index contributed by atoms with van der Waals surface area (Å²) in [4.78, 5) is 22.9. The molecular weight excluding hydrogens is 378 g/mol. The maximum Gasteiger partial charge on any atom is 0.284 e. The quantitative estimate of drug-likeness (QED) is 0.371. The summed E-state index contributed by atoms with van der Waals surface area (Å²) >= 11 is 0. The second kappa shape index (κ2) is 8.70. The summed E-state index contributed by atoms with van der Waals surface area (Å²) in [5.74, 6) is 1.22. The molecule has 9 nitrogen and oxygen atoms in total. The number of nitrogens with zero attached hydrogens (tertiary/aromatic N) is 2. The number of carbonyl (C=O) groups is 1. The lowest BCUT2D eigenvalue weighted by Gasteiger charge is -2.03. The van der Waals surface area contributed by atoms with Crippen LogP contribution in [0.15, 0.2) is 64.1 Å². The topological polar surface area (TPSA) is 116 Å². The molecule has 0 aliphatic carbocycles. The third-order valence-corrected chi connectivity index (χ3v) is 4.00. The number of rotatable bonds is 7. The normalized spacial score (nSPS) is 10.7. The third kappa shape index (κ3) is 4.59. The Hall–Kier alpha value is -4.14. The van der Waals surface area contributed by atoms with Crippen LogP contribution < -0.4 is 14.9 Å². The number of benzene rings is 2. The zero-order valence-electron chi connectivity index (χ0n) is 15.6. The van der Waals surface area contributed by atoms with Gasteiger partial charge in [0, 0.05) is 5.56 Å². The van der Waals surface area contributed by atoms with Crippen LogP contribution in [-0.2, 0) is 0 Å². The van der Waals surface area contributed by atoms with Crippen molar-refractivity contribution in [3.8, 4) is 22.8 Å². The molecule has 9 heteroatoms. The molecule has 3 rings (SSSR count). The molecule has 0 atom stereocenters. The van der Waals surface area contributed by atoms with E-state index in [1.54, 1.807) is 48.5 Å². The van der Waals surface area contributed by atoms with E-state index in [1.165, 1.54) is 26.5 Å². The Labute approximate surface area is 165 Å². The summed E-state index contributed by atoms with van der Waals surface area (Å²) in [6.45, 7) is 0. The van der Waals surface area contributed by atoms with Gasteiger partial charge in [-0.25, -0.2) is 5.43 Å². The first-order valence-electron chi connectivity index (χ1n) is 8.42. The van der Waals surface area contributed by atoms with Gasteiger partial charge in [-0.2, -0.15) is 5.10 Å². The van der Waals surface area contributed by atoms with Gasteiger partial charge >= 0.3 is 0 Å². The summed E-state index contributed by atoms with van der Waals surface area (Å²) < 4.78 is 15.7. The lowest BCUT2D eigenvalue weighted by Crippen LogP contribution is -2.17. The van der Waals surface area contributed by atoms with Gasteiger partial charge in [0.25, 0.3) is 11.6 Å². The molecule has 2 aromatic carbocycles. The van der Waals surface area contributed by atoms with Gasteiger partial charge in [0.15, 0.2) is 0 Å². The van der Waals surface area contributed by atoms with Gasteiger partial charge in [-0.3, -0.25) is 14.9 Å². The van der Waals surface area contributed by atoms with Crippen molar-refractivity contribution < 1.29 is 23.6 Å². The predicted molar refractivity (Wildman–Crippen MR) is 105 cm³/mol. The van der Waals surface area contributed by atoms with E-state index >= 15 is 0 Å². The number of hydrogen-bond acceptors (Lipinski definition) is 7. The molecule has 0 aliphatic rings. The van der Waals surface area contributed by atoms with Crippen LogP contribution in [-0.4, -0.2) is 31.3 Å². The molecule has 0 saturated heterocycles. The van der Waals surface area contributed by atoms with Gasteiger partial charge in [0.05, 0.1) is 37.0 Å². The number of nitro groups is 1. The highest BCUT2D eigenvalue weighted by atomic mass is 16.6. The van der Waals surface area contributed by atoms with E-state index in [-0.39, 0.29) is 5.69 Å². The Kier molecular flexibility index (Phi) is 5.88. The maximum absolute atomic E-state index is 12.1. The van der Waals surface area contributed by atoms with Gasteiger partial charge in [-0.15, -0.1) is 0 Å². The molecule has 0 radical (unpaired) electrons. The number of nitrogens with one attached hydrogen (secondary N) is 1. The van der Waals surface area contributed by atoms with Crippen LogP contribution in [0.5, 0.6) is 11.5 Å². The SMILES string of the molecule is COc1ccc(C(=O)N/N=C/c2ccc(-c3ccc(OC)cc3[N+](=O)[O-])o2)cc1. The number of hydrazone groups is 1. The summed E-state index contributed by atoms with van der Waals surface area (Å²) in [7, 11) is 2.97. The molecule has 0 unspecified atom stereocenters. The van der Waals surface area contributed by atoms with Crippen LogP contribution in [0, 0.1) is 10.1 Å². The number of methoxy groups -OCH3 is 2. The lowest BCUT2D eigenvalue weighted by molar-refractivity contribution is -0.384. The summed E-state index contributed by atoms with van der Waals surface area (Å²) in [5.41, 5.74) is 2.96. The van der Waals surface area contributed by atoms with Gasteiger partial charge in [0.2, 0.25) is 0 Å². The average molecular weight is 395 g/mol. The van der Waals surface area contributed by atoms with Crippen LogP contribution in [0.1, 0.15) is 16.1 Å². The lowest BCUT2D eigenvalue weighted by atomic mass is 10.1. The number of carbonyl (C=O) groups excluding carboxylic acids is 1. The largest absolute Gasteiger partial charge is 0.497 e. The third-order valence-electron chi connectivity index (χ3n) is 4.00. The van der Waals surface area contributed by atoms with E-state index in [0.29, 0.717) is 34.1 Å². The van der Waals surface area contributed by atoms with E-state index in [9.17, 15) is 14.9 Å². The highest BCUT2D eigenvalue weighted by Gasteiger charge is 2.19. The summed E-state index contributed by atoms with van der Waals surface area (Å²) in [6, 6.07) is 14.2. The summed E-state index contributed by atoms with van der Waals surface area (Å²) in [5, 5.41) is 15.2. The highest BCUT2D eigenvalue weighted by molar-refractivity contribution is 5.94. The first kappa shape index (κ1) is 19.6. The number of hydrogen-bond donors (Lipinski definition) is 1. The Morgan fingerprint density at radius 2 is 1.76 bits per heavy atom. The van der Waals surface area contributed by atoms with Gasteiger partial charge in [-0.05, 0) is 48.5 Å². The minimum Gasteiger partial charge on any atom is -0.497 e. The minimum absolute atomic E-state index is 0.144. The van der Waals surface area contributed by atoms with Gasteiger partial charge in [-0.1, -0.05) is 0 Å². The Morgan fingerprint density at radius 3 is 2.41 bits per heavy atom. The second-order valence-electron chi connectivity index (χ2n) is 5.77. The first-order chi connectivity index (χ1) is 14.0. The maximum atomic E-state index is 12.1. The van der Waals surface area contributed by atoms with Crippen LogP contribution in [0.25, 0.3) is 11.3 Å². The average Bonchev–Trinajstić information content (AvgIpc) is 3.21. The van der Waals surface area contributed by atoms with E-state index in [4.69, 9.17) is 13.9 Å². The van der Waals surface area contributed by atoms with Crippen LogP contribution in [0.2, 0.25) is 0 Å². The monoisotopic (exact) mass is 395 g/mol. The van der Waals surface area contributed by atoms with Crippen LogP contribution in [0.4, 0.5) is 5.69 Å². The zero-order valence-corrected chi connectivity index (χ0v) is 15.6. The van der Waals surface area contributed by atoms with Gasteiger partial charge < -0.3 is 13.9 Å². The van der Waals surface area contributed by atoms with Crippen molar-refractivity contribution in [2.75, 3.05) is 14.2 Å². The predicted octanol–water partition coefficient (Wildman–Crippen LogP) is 3.64. The smallest absolute Gasteiger partial charge is 0.284 e. The number of furan rings is 1. The molecule has 148 valence electrons. The zero-order chi connectivity index (χ0) is 20.8. The Balaban J connectivity index is 1.71. The molecule has 1 amide bonds. The molecular formula is C20H17N3O6. The van der Waals surface area contributed by atoms with Gasteiger partial charge in [0.1, 0.15) is 23.0 Å². The van der Waals surface area contributed by atoms with E-state index in [2.05, 4.69) is 10.5 Å². The minimum atomic E-state index is -0.511. The number of ether oxygens (including phenoxy) is 2. The molecule has 0 aliphatic heterocycles. The van der Waals surface area contributed by atoms with Crippen molar-refractivity contribution in [1.29, 1.82) is 0 Å². The van der Waals surface area contributed by atoms with Crippen molar-refractivity contribution in [2.45, 2.75) is 0 Å². The molecule has 3 aromatic rings. The van der Waals surface area contributed by atoms with Crippen LogP contribution >= 0.6 is 0 Å². The van der Waals surface area contributed by atoms with E-state index < -0.39 is 10.8 Å². The van der Waals surface area contributed by atoms with Crippen molar-refractivity contribution in [1.82, 2.24) is 5.43 Å². The molecule has 0 spiro atoms. The first-order valence-corrected chi connectivity index (χ1v) is 8.42. The fourth-order valence-corrected chi connectivity index (χ4v) is 2.53. The fraction of sp³-hybridized carbons (Fsp3) is 0.100. The van der Waals surface area contributed by atoms with E-state index in [1.807, 2.05) is 0 Å². The highest BCUT2D eigenvalue weighted by Crippen LogP contribution is 2.33. The van der Waals surface area contributed by atoms with Crippen molar-refractivity contribution >= 4 is 17.8 Å². The Morgan fingerprint density at radius 1 is 1.07 bits per heavy atom. The molecule has 0 saturated carbocycles. The van der Waals surface area contributed by atoms with Crippen molar-refractivity contribution in [2.24, 2.45) is 5.10 Å². The van der Waals surface area contributed by atoms with Crippen molar-refractivity contribution in [3.05, 3.63) is 76.0 Å². The fourth-order valence-electron chi connectivity index (χ4n) is 2.53. The molecule has 1 aromatic heterocycles. The molecule has 29 heavy (non-hydrogen) atoms. The summed E-state index contributed by atoms with van der Waals surface area (Å²) in [6.07, 6.45) is 1.31. The molecule has 1 N–H and O–H groups in total. The number of nitro benzene ring substituents is 1. The molecule has 1 heterocycles. The Bertz CT molecular complexity index is 1060. The van der Waals surface area contributed by atoms with Crippen molar-refractivity contribution in [3.63, 3.8) is 0 Å². The standard InChI is InChI=1S/C20H17N3O6/c1-27-14-5-3-13(4-6-14)20(24)22-21-12-16-8-10-19(29-16)17-9-7-15(28-2)11-18(17)23(25)26/h3-12H,1-2H3,(H,22,24)/b21-12+. The number of amides is 1.